The number of hydrogen-bond acceptors (Lipinski definition) is 3. The predicted molar refractivity (Wildman–Crippen MR) is 57.0 cm³/mol. The lowest BCUT2D eigenvalue weighted by Gasteiger charge is -2.30. The van der Waals surface area contributed by atoms with Crippen LogP contribution in [0.4, 0.5) is 14.6 Å². The fourth-order valence-corrected chi connectivity index (χ4v) is 2.16. The average molecular weight is 239 g/mol. The van der Waals surface area contributed by atoms with Crippen LogP contribution in [0, 0.1) is 0 Å². The summed E-state index contributed by atoms with van der Waals surface area (Å²) in [5, 5.41) is 7.06. The number of aromatic nitrogens is 2. The van der Waals surface area contributed by atoms with E-state index >= 15 is 0 Å². The maximum Gasteiger partial charge on any atom is 0.260 e. The lowest BCUT2D eigenvalue weighted by atomic mass is 10.0. The molecule has 2 aromatic rings. The summed E-state index contributed by atoms with van der Waals surface area (Å²) >= 11 is 0. The monoisotopic (exact) mass is 239 g/mol. The lowest BCUT2D eigenvalue weighted by molar-refractivity contribution is 0.0645. The molecule has 4 nitrogen and oxygen atoms in total. The fraction of sp³-hybridized carbons (Fsp3) is 0.364. The quantitative estimate of drug-likeness (QED) is 0.876. The Morgan fingerprint density at radius 2 is 2.35 bits per heavy atom. The summed E-state index contributed by atoms with van der Waals surface area (Å²) in [4.78, 5) is 0. The van der Waals surface area contributed by atoms with Crippen molar-refractivity contribution in [3.05, 3.63) is 36.4 Å². The Morgan fingerprint density at radius 1 is 1.47 bits per heavy atom. The van der Waals surface area contributed by atoms with E-state index in [-0.39, 0.29) is 12.5 Å². The molecular weight excluding hydrogens is 228 g/mol. The Labute approximate surface area is 96.2 Å². The van der Waals surface area contributed by atoms with Crippen molar-refractivity contribution < 1.29 is 13.2 Å². The minimum atomic E-state index is -2.44. The first-order valence-corrected chi connectivity index (χ1v) is 5.37. The van der Waals surface area contributed by atoms with E-state index in [1.807, 2.05) is 0 Å². The van der Waals surface area contributed by atoms with Crippen LogP contribution in [0.2, 0.25) is 0 Å². The SMILES string of the molecule is FC(F)[C@@H]1C[C@@H](c2ccco2)Nc2ccnn21. The van der Waals surface area contributed by atoms with Gasteiger partial charge in [-0.05, 0) is 12.1 Å². The summed E-state index contributed by atoms with van der Waals surface area (Å²) in [6.45, 7) is 0. The molecule has 0 amide bonds. The van der Waals surface area contributed by atoms with Crippen LogP contribution in [-0.4, -0.2) is 16.2 Å². The fourth-order valence-electron chi connectivity index (χ4n) is 2.16. The molecule has 2 aromatic heterocycles. The van der Waals surface area contributed by atoms with Crippen molar-refractivity contribution in [1.82, 2.24) is 9.78 Å². The molecule has 0 radical (unpaired) electrons. The van der Waals surface area contributed by atoms with Crippen LogP contribution in [0.1, 0.15) is 24.3 Å². The van der Waals surface area contributed by atoms with Gasteiger partial charge in [0, 0.05) is 12.5 Å². The zero-order chi connectivity index (χ0) is 11.8. The number of nitrogens with zero attached hydrogens (tertiary/aromatic N) is 2. The standard InChI is InChI=1S/C11H11F2N3O/c12-11(13)8-6-7(9-2-1-5-17-9)15-10-3-4-14-16(8)10/h1-5,7-8,11,15H,6H2/t7-,8-/m0/s1. The third-order valence-electron chi connectivity index (χ3n) is 2.96. The number of hydrogen-bond donors (Lipinski definition) is 1. The minimum Gasteiger partial charge on any atom is -0.467 e. The molecule has 0 spiro atoms. The van der Waals surface area contributed by atoms with E-state index in [0.29, 0.717) is 11.6 Å². The van der Waals surface area contributed by atoms with Gasteiger partial charge >= 0.3 is 0 Å². The molecule has 1 aliphatic heterocycles. The molecule has 1 N–H and O–H groups in total. The van der Waals surface area contributed by atoms with Crippen LogP contribution in [-0.2, 0) is 0 Å². The Bertz CT molecular complexity index is 495. The molecule has 0 unspecified atom stereocenters. The van der Waals surface area contributed by atoms with Crippen molar-refractivity contribution in [2.24, 2.45) is 0 Å². The van der Waals surface area contributed by atoms with Crippen molar-refractivity contribution in [2.75, 3.05) is 5.32 Å². The first-order valence-electron chi connectivity index (χ1n) is 5.37. The lowest BCUT2D eigenvalue weighted by Crippen LogP contribution is -2.30. The van der Waals surface area contributed by atoms with Crippen molar-refractivity contribution in [2.45, 2.75) is 24.9 Å². The Kier molecular flexibility index (Phi) is 2.35. The zero-order valence-electron chi connectivity index (χ0n) is 8.88. The van der Waals surface area contributed by atoms with Gasteiger partial charge in [0.15, 0.2) is 0 Å². The van der Waals surface area contributed by atoms with E-state index in [4.69, 9.17) is 4.42 Å². The van der Waals surface area contributed by atoms with Crippen molar-refractivity contribution in [1.29, 1.82) is 0 Å². The Morgan fingerprint density at radius 3 is 3.06 bits per heavy atom. The van der Waals surface area contributed by atoms with E-state index in [0.717, 1.165) is 0 Å². The Hall–Kier alpha value is -1.85. The Balaban J connectivity index is 1.94. The molecule has 6 heteroatoms. The normalized spacial score (nSPS) is 23.5. The van der Waals surface area contributed by atoms with Gasteiger partial charge in [0.25, 0.3) is 6.43 Å². The first-order chi connectivity index (χ1) is 8.25. The summed E-state index contributed by atoms with van der Waals surface area (Å²) < 4.78 is 32.5. The molecule has 0 fully saturated rings. The average Bonchev–Trinajstić information content (AvgIpc) is 2.98. The van der Waals surface area contributed by atoms with Gasteiger partial charge in [0.1, 0.15) is 17.6 Å². The van der Waals surface area contributed by atoms with Crippen molar-refractivity contribution in [3.63, 3.8) is 0 Å². The van der Waals surface area contributed by atoms with Gasteiger partial charge in [-0.25, -0.2) is 13.5 Å². The number of anilines is 1. The predicted octanol–water partition coefficient (Wildman–Crippen LogP) is 2.84. The van der Waals surface area contributed by atoms with Crippen LogP contribution in [0.3, 0.4) is 0 Å². The molecular formula is C11H11F2N3O. The number of halogens is 2. The molecule has 0 saturated heterocycles. The smallest absolute Gasteiger partial charge is 0.260 e. The second-order valence-electron chi connectivity index (χ2n) is 4.01. The van der Waals surface area contributed by atoms with Gasteiger partial charge in [0.05, 0.1) is 18.5 Å². The summed E-state index contributed by atoms with van der Waals surface area (Å²) in [5.74, 6) is 1.27. The molecule has 2 atom stereocenters. The van der Waals surface area contributed by atoms with Gasteiger partial charge in [-0.1, -0.05) is 0 Å². The van der Waals surface area contributed by atoms with Crippen molar-refractivity contribution >= 4 is 5.82 Å². The number of rotatable bonds is 2. The van der Waals surface area contributed by atoms with E-state index in [1.165, 1.54) is 10.9 Å². The summed E-state index contributed by atoms with van der Waals surface area (Å²) in [5.41, 5.74) is 0. The highest BCUT2D eigenvalue weighted by Gasteiger charge is 2.34. The summed E-state index contributed by atoms with van der Waals surface area (Å²) in [6.07, 6.45) is 0.885. The number of fused-ring (bicyclic) bond motifs is 1. The van der Waals surface area contributed by atoms with Crippen LogP contribution < -0.4 is 5.32 Å². The molecule has 0 saturated carbocycles. The maximum atomic E-state index is 13.0. The topological polar surface area (TPSA) is 43.0 Å². The molecule has 3 heterocycles. The second kappa shape index (κ2) is 3.87. The molecule has 0 aromatic carbocycles. The molecule has 0 bridgehead atoms. The van der Waals surface area contributed by atoms with E-state index in [1.54, 1.807) is 24.5 Å². The molecule has 0 aliphatic carbocycles. The minimum absolute atomic E-state index is 0.229. The highest BCUT2D eigenvalue weighted by molar-refractivity contribution is 5.39. The zero-order valence-corrected chi connectivity index (χ0v) is 8.88. The molecule has 1 aliphatic rings. The van der Waals surface area contributed by atoms with Crippen LogP contribution in [0.5, 0.6) is 0 Å². The largest absolute Gasteiger partial charge is 0.467 e. The van der Waals surface area contributed by atoms with Crippen LogP contribution in [0.25, 0.3) is 0 Å². The number of alkyl halides is 2. The first kappa shape index (κ1) is 10.3. The van der Waals surface area contributed by atoms with E-state index in [9.17, 15) is 8.78 Å². The highest BCUT2D eigenvalue weighted by Crippen LogP contribution is 2.37. The van der Waals surface area contributed by atoms with Gasteiger partial charge in [-0.2, -0.15) is 5.10 Å². The molecule has 90 valence electrons. The number of furan rings is 1. The van der Waals surface area contributed by atoms with Gasteiger partial charge in [-0.15, -0.1) is 0 Å². The third-order valence-corrected chi connectivity index (χ3v) is 2.96. The summed E-state index contributed by atoms with van der Waals surface area (Å²) in [6, 6.07) is 4.08. The maximum absolute atomic E-state index is 13.0. The molecule has 17 heavy (non-hydrogen) atoms. The van der Waals surface area contributed by atoms with Gasteiger partial charge < -0.3 is 9.73 Å². The van der Waals surface area contributed by atoms with Crippen molar-refractivity contribution in [3.8, 4) is 0 Å². The van der Waals surface area contributed by atoms with Crippen LogP contribution in [0.15, 0.2) is 35.1 Å². The van der Waals surface area contributed by atoms with E-state index in [2.05, 4.69) is 10.4 Å². The van der Waals surface area contributed by atoms with Crippen LogP contribution >= 0.6 is 0 Å². The van der Waals surface area contributed by atoms with Gasteiger partial charge in [0.2, 0.25) is 0 Å². The molecule has 3 rings (SSSR count). The van der Waals surface area contributed by atoms with E-state index < -0.39 is 12.5 Å². The third kappa shape index (κ3) is 1.69. The second-order valence-corrected chi connectivity index (χ2v) is 4.01. The number of nitrogens with one attached hydrogen (secondary N) is 1. The van der Waals surface area contributed by atoms with Gasteiger partial charge in [-0.3, -0.25) is 0 Å². The summed E-state index contributed by atoms with van der Waals surface area (Å²) in [7, 11) is 0. The highest BCUT2D eigenvalue weighted by atomic mass is 19.3.